The molecule has 0 aliphatic heterocycles. The van der Waals surface area contributed by atoms with Crippen LogP contribution in [0.15, 0.2) is 23.6 Å². The van der Waals surface area contributed by atoms with Crippen molar-refractivity contribution in [2.75, 3.05) is 14.2 Å². The number of thiophene rings is 1. The molecule has 2 rings (SSSR count). The number of halogens is 1. The third-order valence-electron chi connectivity index (χ3n) is 3.18. The Hall–Kier alpha value is -1.00. The van der Waals surface area contributed by atoms with Gasteiger partial charge in [-0.1, -0.05) is 15.9 Å². The van der Waals surface area contributed by atoms with E-state index in [-0.39, 0.29) is 4.83 Å². The fourth-order valence-electron chi connectivity index (χ4n) is 2.05. The molecule has 0 bridgehead atoms. The van der Waals surface area contributed by atoms with Gasteiger partial charge in [-0.2, -0.15) is 0 Å². The van der Waals surface area contributed by atoms with Crippen molar-refractivity contribution in [1.82, 2.24) is 0 Å². The fraction of sp³-hybridized carbons (Fsp3) is 0.333. The summed E-state index contributed by atoms with van der Waals surface area (Å²) in [5.41, 5.74) is 3.71. The van der Waals surface area contributed by atoms with Gasteiger partial charge in [-0.3, -0.25) is 0 Å². The zero-order chi connectivity index (χ0) is 14.0. The Morgan fingerprint density at radius 3 is 2.21 bits per heavy atom. The number of rotatable bonds is 4. The van der Waals surface area contributed by atoms with Crippen molar-refractivity contribution >= 4 is 27.3 Å². The van der Waals surface area contributed by atoms with Crippen molar-refractivity contribution in [3.8, 4) is 11.5 Å². The molecule has 2 nitrogen and oxygen atoms in total. The Balaban J connectivity index is 2.48. The van der Waals surface area contributed by atoms with Crippen LogP contribution in [0.4, 0.5) is 0 Å². The third kappa shape index (κ3) is 2.79. The van der Waals surface area contributed by atoms with Gasteiger partial charge in [0.15, 0.2) is 11.5 Å². The number of hydrogen-bond donors (Lipinski definition) is 0. The first-order valence-electron chi connectivity index (χ1n) is 5.99. The van der Waals surface area contributed by atoms with Crippen LogP contribution in [0.25, 0.3) is 0 Å². The predicted octanol–water partition coefficient (Wildman–Crippen LogP) is 4.87. The van der Waals surface area contributed by atoms with E-state index in [1.807, 2.05) is 12.1 Å². The highest BCUT2D eigenvalue weighted by Gasteiger charge is 2.19. The smallest absolute Gasteiger partial charge is 0.161 e. The molecule has 1 heterocycles. The van der Waals surface area contributed by atoms with Gasteiger partial charge >= 0.3 is 0 Å². The third-order valence-corrected chi connectivity index (χ3v) is 5.52. The van der Waals surface area contributed by atoms with Gasteiger partial charge in [-0.05, 0) is 54.1 Å². The molecule has 1 aromatic carbocycles. The molecule has 0 N–H and O–H groups in total. The molecule has 102 valence electrons. The Morgan fingerprint density at radius 2 is 1.68 bits per heavy atom. The average molecular weight is 341 g/mol. The van der Waals surface area contributed by atoms with Crippen LogP contribution < -0.4 is 9.47 Å². The van der Waals surface area contributed by atoms with Gasteiger partial charge in [0.2, 0.25) is 0 Å². The van der Waals surface area contributed by atoms with Crippen LogP contribution in [0.5, 0.6) is 11.5 Å². The second-order valence-electron chi connectivity index (χ2n) is 4.39. The van der Waals surface area contributed by atoms with Gasteiger partial charge in [0.05, 0.1) is 19.0 Å². The van der Waals surface area contributed by atoms with E-state index in [4.69, 9.17) is 9.47 Å². The van der Waals surface area contributed by atoms with Crippen molar-refractivity contribution in [2.24, 2.45) is 0 Å². The maximum Gasteiger partial charge on any atom is 0.161 e. The van der Waals surface area contributed by atoms with E-state index in [0.717, 1.165) is 11.5 Å². The predicted molar refractivity (Wildman–Crippen MR) is 84.1 cm³/mol. The first-order valence-corrected chi connectivity index (χ1v) is 7.78. The van der Waals surface area contributed by atoms with Crippen LogP contribution in [0, 0.1) is 13.8 Å². The summed E-state index contributed by atoms with van der Waals surface area (Å²) in [4.78, 5) is 1.52. The number of hydrogen-bond acceptors (Lipinski definition) is 3. The van der Waals surface area contributed by atoms with Crippen molar-refractivity contribution in [3.05, 3.63) is 45.1 Å². The van der Waals surface area contributed by atoms with Crippen LogP contribution in [-0.4, -0.2) is 14.2 Å². The van der Waals surface area contributed by atoms with E-state index in [1.54, 1.807) is 25.6 Å². The van der Waals surface area contributed by atoms with Crippen LogP contribution in [0.3, 0.4) is 0 Å². The molecule has 0 aliphatic rings. The monoisotopic (exact) mass is 340 g/mol. The number of alkyl halides is 1. The summed E-state index contributed by atoms with van der Waals surface area (Å²) >= 11 is 5.56. The molecule has 0 amide bonds. The number of methoxy groups -OCH3 is 2. The highest BCUT2D eigenvalue weighted by atomic mass is 79.9. The first kappa shape index (κ1) is 14.4. The van der Waals surface area contributed by atoms with E-state index < -0.39 is 0 Å². The van der Waals surface area contributed by atoms with E-state index >= 15 is 0 Å². The molecule has 1 unspecified atom stereocenters. The molecule has 0 saturated heterocycles. The van der Waals surface area contributed by atoms with Crippen LogP contribution in [-0.2, 0) is 0 Å². The summed E-state index contributed by atoms with van der Waals surface area (Å²) in [6.07, 6.45) is 0. The van der Waals surface area contributed by atoms with Crippen LogP contribution >= 0.6 is 27.3 Å². The SMILES string of the molecule is COc1cc(C)c(C(Br)c2sccc2C)cc1OC. The van der Waals surface area contributed by atoms with Crippen molar-refractivity contribution in [2.45, 2.75) is 18.7 Å². The maximum atomic E-state index is 5.39. The quantitative estimate of drug-likeness (QED) is 0.739. The summed E-state index contributed by atoms with van der Waals surface area (Å²) in [6, 6.07) is 6.21. The van der Waals surface area contributed by atoms with Gasteiger partial charge in [0.25, 0.3) is 0 Å². The molecule has 1 aromatic heterocycles. The molecular formula is C15H17BrO2S. The molecule has 0 spiro atoms. The molecule has 0 fully saturated rings. The van der Waals surface area contributed by atoms with Gasteiger partial charge in [-0.15, -0.1) is 11.3 Å². The summed E-state index contributed by atoms with van der Waals surface area (Å²) in [7, 11) is 3.32. The van der Waals surface area contributed by atoms with Gasteiger partial charge < -0.3 is 9.47 Å². The largest absolute Gasteiger partial charge is 0.493 e. The van der Waals surface area contributed by atoms with Gasteiger partial charge in [-0.25, -0.2) is 0 Å². The van der Waals surface area contributed by atoms with Gasteiger partial charge in [0, 0.05) is 4.88 Å². The van der Waals surface area contributed by atoms with Crippen LogP contribution in [0.2, 0.25) is 0 Å². The average Bonchev–Trinajstić information content (AvgIpc) is 2.83. The maximum absolute atomic E-state index is 5.39. The van der Waals surface area contributed by atoms with E-state index in [2.05, 4.69) is 41.2 Å². The molecular weight excluding hydrogens is 324 g/mol. The minimum absolute atomic E-state index is 0.187. The zero-order valence-electron chi connectivity index (χ0n) is 11.5. The number of benzene rings is 1. The lowest BCUT2D eigenvalue weighted by Crippen LogP contribution is -1.99. The molecule has 0 saturated carbocycles. The molecule has 1 atom stereocenters. The Kier molecular flexibility index (Phi) is 4.53. The zero-order valence-corrected chi connectivity index (χ0v) is 13.9. The Labute approximate surface area is 126 Å². The lowest BCUT2D eigenvalue weighted by Gasteiger charge is -2.16. The normalized spacial score (nSPS) is 12.3. The molecule has 2 aromatic rings. The molecule has 0 radical (unpaired) electrons. The highest BCUT2D eigenvalue weighted by Crippen LogP contribution is 2.41. The second kappa shape index (κ2) is 5.97. The molecule has 0 aliphatic carbocycles. The minimum atomic E-state index is 0.187. The van der Waals surface area contributed by atoms with E-state index in [9.17, 15) is 0 Å². The van der Waals surface area contributed by atoms with E-state index in [0.29, 0.717) is 0 Å². The topological polar surface area (TPSA) is 18.5 Å². The molecule has 19 heavy (non-hydrogen) atoms. The standard InChI is InChI=1S/C15H17BrO2S/c1-9-5-6-19-15(9)14(16)11-8-13(18-4)12(17-3)7-10(11)2/h5-8,14H,1-4H3. The lowest BCUT2D eigenvalue weighted by molar-refractivity contribution is 0.354. The van der Waals surface area contributed by atoms with Crippen molar-refractivity contribution in [1.29, 1.82) is 0 Å². The summed E-state index contributed by atoms with van der Waals surface area (Å²) in [5.74, 6) is 1.54. The van der Waals surface area contributed by atoms with Crippen molar-refractivity contribution in [3.63, 3.8) is 0 Å². The lowest BCUT2D eigenvalue weighted by atomic mass is 10.0. The van der Waals surface area contributed by atoms with E-state index in [1.165, 1.54) is 21.6 Å². The number of ether oxygens (including phenoxy) is 2. The summed E-state index contributed by atoms with van der Waals surface area (Å²) in [5, 5.41) is 2.12. The Bertz CT molecular complexity index is 578. The summed E-state index contributed by atoms with van der Waals surface area (Å²) < 4.78 is 10.7. The minimum Gasteiger partial charge on any atom is -0.493 e. The Morgan fingerprint density at radius 1 is 1.05 bits per heavy atom. The van der Waals surface area contributed by atoms with Crippen LogP contribution in [0.1, 0.15) is 26.4 Å². The molecule has 4 heteroatoms. The fourth-order valence-corrected chi connectivity index (χ4v) is 4.15. The highest BCUT2D eigenvalue weighted by molar-refractivity contribution is 9.09. The first-order chi connectivity index (χ1) is 9.08. The van der Waals surface area contributed by atoms with Gasteiger partial charge in [0.1, 0.15) is 0 Å². The second-order valence-corrected chi connectivity index (χ2v) is 6.26. The summed E-state index contributed by atoms with van der Waals surface area (Å²) in [6.45, 7) is 4.23. The number of aryl methyl sites for hydroxylation is 2. The van der Waals surface area contributed by atoms with Crippen molar-refractivity contribution < 1.29 is 9.47 Å².